The largest absolute Gasteiger partial charge is 0.399 e. The number of primary amides is 1. The van der Waals surface area contributed by atoms with Gasteiger partial charge in [0.2, 0.25) is 0 Å². The molecule has 5 nitrogen and oxygen atoms in total. The second-order valence-electron chi connectivity index (χ2n) is 4.53. The van der Waals surface area contributed by atoms with E-state index in [0.717, 1.165) is 12.8 Å². The molecule has 0 radical (unpaired) electrons. The minimum Gasteiger partial charge on any atom is -0.399 e. The Bertz CT molecular complexity index is 431. The van der Waals surface area contributed by atoms with Gasteiger partial charge in [0.15, 0.2) is 0 Å². The van der Waals surface area contributed by atoms with Crippen molar-refractivity contribution in [3.05, 3.63) is 23.8 Å². The number of carbonyl (C=O) groups excluding carboxylic acids is 1. The standard InChI is InChI=1S/C14H23N3O2/c1-3-11(4-2)17(7-8-18)13-9-10(15)5-6-12(13)14(16)19/h5-6,9,11,18H,3-4,7-8,15H2,1-2H3,(H2,16,19). The average Bonchev–Trinajstić information content (AvgIpc) is 2.38. The number of rotatable bonds is 7. The summed E-state index contributed by atoms with van der Waals surface area (Å²) in [6.07, 6.45) is 1.84. The third-order valence-electron chi connectivity index (χ3n) is 3.32. The van der Waals surface area contributed by atoms with Crippen LogP contribution in [0.4, 0.5) is 11.4 Å². The van der Waals surface area contributed by atoms with Crippen LogP contribution in [0.3, 0.4) is 0 Å². The van der Waals surface area contributed by atoms with E-state index in [4.69, 9.17) is 11.5 Å². The van der Waals surface area contributed by atoms with Crippen molar-refractivity contribution in [1.82, 2.24) is 0 Å². The summed E-state index contributed by atoms with van der Waals surface area (Å²) in [4.78, 5) is 13.5. The fourth-order valence-corrected chi connectivity index (χ4v) is 2.33. The molecule has 0 fully saturated rings. The van der Waals surface area contributed by atoms with E-state index in [1.807, 2.05) is 4.90 Å². The van der Waals surface area contributed by atoms with Crippen molar-refractivity contribution >= 4 is 17.3 Å². The summed E-state index contributed by atoms with van der Waals surface area (Å²) in [6.45, 7) is 4.63. The molecule has 0 spiro atoms. The summed E-state index contributed by atoms with van der Waals surface area (Å²) in [5, 5.41) is 9.25. The van der Waals surface area contributed by atoms with Gasteiger partial charge in [-0.2, -0.15) is 0 Å². The Morgan fingerprint density at radius 1 is 1.37 bits per heavy atom. The van der Waals surface area contributed by atoms with Crippen molar-refractivity contribution in [3.63, 3.8) is 0 Å². The molecule has 106 valence electrons. The molecule has 0 aromatic heterocycles. The maximum absolute atomic E-state index is 11.5. The number of aliphatic hydroxyl groups is 1. The van der Waals surface area contributed by atoms with Crippen LogP contribution in [-0.2, 0) is 0 Å². The summed E-state index contributed by atoms with van der Waals surface area (Å²) in [7, 11) is 0. The average molecular weight is 265 g/mol. The van der Waals surface area contributed by atoms with Crippen LogP contribution in [0.5, 0.6) is 0 Å². The van der Waals surface area contributed by atoms with E-state index >= 15 is 0 Å². The second kappa shape index (κ2) is 6.99. The number of anilines is 2. The lowest BCUT2D eigenvalue weighted by atomic mass is 10.1. The van der Waals surface area contributed by atoms with Gasteiger partial charge in [-0.25, -0.2) is 0 Å². The number of nitrogens with two attached hydrogens (primary N) is 2. The highest BCUT2D eigenvalue weighted by Crippen LogP contribution is 2.27. The lowest BCUT2D eigenvalue weighted by Gasteiger charge is -2.33. The minimum atomic E-state index is -0.483. The van der Waals surface area contributed by atoms with Crippen LogP contribution < -0.4 is 16.4 Å². The first kappa shape index (κ1) is 15.3. The molecule has 1 aromatic carbocycles. The fourth-order valence-electron chi connectivity index (χ4n) is 2.33. The van der Waals surface area contributed by atoms with Gasteiger partial charge in [0.1, 0.15) is 0 Å². The van der Waals surface area contributed by atoms with E-state index in [0.29, 0.717) is 23.5 Å². The van der Waals surface area contributed by atoms with E-state index in [2.05, 4.69) is 13.8 Å². The number of hydrogen-bond donors (Lipinski definition) is 3. The van der Waals surface area contributed by atoms with Crippen LogP contribution in [-0.4, -0.2) is 30.2 Å². The molecule has 1 amide bonds. The predicted molar refractivity (Wildman–Crippen MR) is 78.2 cm³/mol. The van der Waals surface area contributed by atoms with E-state index in [1.54, 1.807) is 18.2 Å². The van der Waals surface area contributed by atoms with Crippen LogP contribution in [0.2, 0.25) is 0 Å². The number of aliphatic hydroxyl groups excluding tert-OH is 1. The number of benzene rings is 1. The topological polar surface area (TPSA) is 92.6 Å². The van der Waals surface area contributed by atoms with Gasteiger partial charge < -0.3 is 21.5 Å². The van der Waals surface area contributed by atoms with Gasteiger partial charge in [0.05, 0.1) is 17.9 Å². The van der Waals surface area contributed by atoms with Gasteiger partial charge in [-0.3, -0.25) is 4.79 Å². The van der Waals surface area contributed by atoms with E-state index in [1.165, 1.54) is 0 Å². The van der Waals surface area contributed by atoms with Gasteiger partial charge in [0.25, 0.3) is 5.91 Å². The quantitative estimate of drug-likeness (QED) is 0.649. The van der Waals surface area contributed by atoms with Gasteiger partial charge >= 0.3 is 0 Å². The highest BCUT2D eigenvalue weighted by atomic mass is 16.3. The molecule has 1 rings (SSSR count). The summed E-state index contributed by atoms with van der Waals surface area (Å²) in [6, 6.07) is 5.29. The molecule has 0 atom stereocenters. The summed E-state index contributed by atoms with van der Waals surface area (Å²) in [5.41, 5.74) is 12.9. The SMILES string of the molecule is CCC(CC)N(CCO)c1cc(N)ccc1C(N)=O. The van der Waals surface area contributed by atoms with E-state index < -0.39 is 5.91 Å². The molecule has 0 aliphatic carbocycles. The lowest BCUT2D eigenvalue weighted by Crippen LogP contribution is -2.38. The van der Waals surface area contributed by atoms with Crippen molar-refractivity contribution < 1.29 is 9.90 Å². The smallest absolute Gasteiger partial charge is 0.250 e. The predicted octanol–water partition coefficient (Wildman–Crippen LogP) is 1.36. The van der Waals surface area contributed by atoms with Gasteiger partial charge in [-0.05, 0) is 31.0 Å². The van der Waals surface area contributed by atoms with Gasteiger partial charge in [0, 0.05) is 18.3 Å². The zero-order valence-electron chi connectivity index (χ0n) is 11.6. The Balaban J connectivity index is 3.27. The molecule has 19 heavy (non-hydrogen) atoms. The number of carbonyl (C=O) groups is 1. The molecule has 5 heteroatoms. The fraction of sp³-hybridized carbons (Fsp3) is 0.500. The molecular formula is C14H23N3O2. The lowest BCUT2D eigenvalue weighted by molar-refractivity contribution is 0.100. The van der Waals surface area contributed by atoms with Crippen LogP contribution in [0.15, 0.2) is 18.2 Å². The normalized spacial score (nSPS) is 10.7. The summed E-state index contributed by atoms with van der Waals surface area (Å²) < 4.78 is 0. The zero-order chi connectivity index (χ0) is 14.4. The van der Waals surface area contributed by atoms with Crippen molar-refractivity contribution in [1.29, 1.82) is 0 Å². The number of hydrogen-bond acceptors (Lipinski definition) is 4. The molecule has 0 heterocycles. The molecular weight excluding hydrogens is 242 g/mol. The Labute approximate surface area is 114 Å². The first-order chi connectivity index (χ1) is 9.04. The monoisotopic (exact) mass is 265 g/mol. The van der Waals surface area contributed by atoms with Crippen LogP contribution in [0.25, 0.3) is 0 Å². The third-order valence-corrected chi connectivity index (χ3v) is 3.32. The number of amides is 1. The first-order valence-corrected chi connectivity index (χ1v) is 6.61. The van der Waals surface area contributed by atoms with Crippen molar-refractivity contribution in [2.45, 2.75) is 32.7 Å². The Hall–Kier alpha value is -1.75. The number of nitrogens with zero attached hydrogens (tertiary/aromatic N) is 1. The van der Waals surface area contributed by atoms with Crippen molar-refractivity contribution in [2.75, 3.05) is 23.8 Å². The molecule has 0 saturated heterocycles. The van der Waals surface area contributed by atoms with Crippen LogP contribution in [0.1, 0.15) is 37.0 Å². The summed E-state index contributed by atoms with van der Waals surface area (Å²) in [5.74, 6) is -0.483. The van der Waals surface area contributed by atoms with Gasteiger partial charge in [-0.15, -0.1) is 0 Å². The maximum Gasteiger partial charge on any atom is 0.250 e. The molecule has 0 unspecified atom stereocenters. The number of nitrogen functional groups attached to an aromatic ring is 1. The highest BCUT2D eigenvalue weighted by Gasteiger charge is 2.20. The van der Waals surface area contributed by atoms with Crippen LogP contribution in [0, 0.1) is 0 Å². The molecule has 0 saturated carbocycles. The second-order valence-corrected chi connectivity index (χ2v) is 4.53. The molecule has 0 aliphatic rings. The van der Waals surface area contributed by atoms with E-state index in [-0.39, 0.29) is 12.6 Å². The highest BCUT2D eigenvalue weighted by molar-refractivity contribution is 5.99. The Morgan fingerprint density at radius 3 is 2.47 bits per heavy atom. The molecule has 0 bridgehead atoms. The molecule has 5 N–H and O–H groups in total. The summed E-state index contributed by atoms with van der Waals surface area (Å²) >= 11 is 0. The van der Waals surface area contributed by atoms with Crippen molar-refractivity contribution in [2.24, 2.45) is 5.73 Å². The Morgan fingerprint density at radius 2 is 2.00 bits per heavy atom. The molecule has 0 aliphatic heterocycles. The van der Waals surface area contributed by atoms with Crippen molar-refractivity contribution in [3.8, 4) is 0 Å². The molecule has 1 aromatic rings. The maximum atomic E-state index is 11.5. The Kier molecular flexibility index (Phi) is 5.63. The van der Waals surface area contributed by atoms with E-state index in [9.17, 15) is 9.90 Å². The van der Waals surface area contributed by atoms with Crippen LogP contribution >= 0.6 is 0 Å². The first-order valence-electron chi connectivity index (χ1n) is 6.61. The zero-order valence-corrected chi connectivity index (χ0v) is 11.6. The minimum absolute atomic E-state index is 0.0174. The van der Waals surface area contributed by atoms with Gasteiger partial charge in [-0.1, -0.05) is 13.8 Å². The third kappa shape index (κ3) is 3.61.